The quantitative estimate of drug-likeness (QED) is 0.749. The molecule has 20 heavy (non-hydrogen) atoms. The number of aryl methyl sites for hydroxylation is 1. The van der Waals surface area contributed by atoms with Crippen molar-refractivity contribution in [3.05, 3.63) is 27.2 Å². The Morgan fingerprint density at radius 1 is 1.30 bits per heavy atom. The van der Waals surface area contributed by atoms with Crippen LogP contribution in [0.15, 0.2) is 16.6 Å². The predicted molar refractivity (Wildman–Crippen MR) is 88.8 cm³/mol. The number of hydrogen-bond donors (Lipinski definition) is 1. The first-order valence-corrected chi connectivity index (χ1v) is 8.55. The van der Waals surface area contributed by atoms with Gasteiger partial charge in [-0.1, -0.05) is 34.5 Å². The number of hydrogen-bond acceptors (Lipinski definition) is 2. The van der Waals surface area contributed by atoms with Gasteiger partial charge in [-0.15, -0.1) is 0 Å². The van der Waals surface area contributed by atoms with Crippen molar-refractivity contribution in [1.29, 1.82) is 0 Å². The third kappa shape index (κ3) is 4.64. The van der Waals surface area contributed by atoms with Crippen LogP contribution in [0.5, 0.6) is 5.75 Å². The van der Waals surface area contributed by atoms with Crippen LogP contribution >= 0.6 is 27.5 Å². The molecule has 0 radical (unpaired) electrons. The van der Waals surface area contributed by atoms with Crippen molar-refractivity contribution in [2.24, 2.45) is 5.92 Å². The topological polar surface area (TPSA) is 21.3 Å². The molecule has 1 fully saturated rings. The van der Waals surface area contributed by atoms with Crippen molar-refractivity contribution in [2.45, 2.75) is 45.6 Å². The fourth-order valence-corrected chi connectivity index (χ4v) is 3.78. The van der Waals surface area contributed by atoms with Crippen molar-refractivity contribution >= 4 is 27.5 Å². The minimum absolute atomic E-state index is 0.661. The third-order valence-corrected chi connectivity index (χ3v) is 4.73. The minimum atomic E-state index is 0.661. The molecule has 0 bridgehead atoms. The van der Waals surface area contributed by atoms with Crippen molar-refractivity contribution in [3.63, 3.8) is 0 Å². The van der Waals surface area contributed by atoms with Crippen LogP contribution in [0, 0.1) is 12.8 Å². The molecule has 0 spiro atoms. The monoisotopic (exact) mass is 359 g/mol. The summed E-state index contributed by atoms with van der Waals surface area (Å²) in [5, 5.41) is 4.26. The Labute approximate surface area is 135 Å². The molecule has 1 aromatic carbocycles. The zero-order chi connectivity index (χ0) is 14.5. The SMILES string of the molecule is Cc1cc(Br)cc(Cl)c1OCCNC1CCC(C)CC1. The van der Waals surface area contributed by atoms with Crippen molar-refractivity contribution in [1.82, 2.24) is 5.32 Å². The molecule has 2 nitrogen and oxygen atoms in total. The van der Waals surface area contributed by atoms with E-state index in [1.54, 1.807) is 0 Å². The average molecular weight is 361 g/mol. The molecule has 1 aliphatic rings. The van der Waals surface area contributed by atoms with E-state index in [1.807, 2.05) is 19.1 Å². The first-order valence-electron chi connectivity index (χ1n) is 7.38. The molecule has 0 saturated heterocycles. The lowest BCUT2D eigenvalue weighted by molar-refractivity contribution is 0.269. The summed E-state index contributed by atoms with van der Waals surface area (Å²) in [6.07, 6.45) is 5.27. The van der Waals surface area contributed by atoms with Crippen LogP contribution in [0.1, 0.15) is 38.2 Å². The summed E-state index contributed by atoms with van der Waals surface area (Å²) in [7, 11) is 0. The highest BCUT2D eigenvalue weighted by Crippen LogP contribution is 2.31. The molecule has 0 unspecified atom stereocenters. The lowest BCUT2D eigenvalue weighted by atomic mass is 9.87. The van der Waals surface area contributed by atoms with E-state index in [9.17, 15) is 0 Å². The zero-order valence-corrected chi connectivity index (χ0v) is 14.6. The summed E-state index contributed by atoms with van der Waals surface area (Å²) >= 11 is 9.64. The largest absolute Gasteiger partial charge is 0.490 e. The maximum atomic E-state index is 6.20. The average Bonchev–Trinajstić information content (AvgIpc) is 2.39. The molecule has 4 heteroatoms. The Morgan fingerprint density at radius 2 is 2.00 bits per heavy atom. The van der Waals surface area contributed by atoms with Gasteiger partial charge in [-0.3, -0.25) is 0 Å². The second-order valence-electron chi connectivity index (χ2n) is 5.79. The van der Waals surface area contributed by atoms with Gasteiger partial charge in [-0.2, -0.15) is 0 Å². The molecular weight excluding hydrogens is 338 g/mol. The molecular formula is C16H23BrClNO. The standard InChI is InChI=1S/C16H23BrClNO/c1-11-3-5-14(6-4-11)19-7-8-20-16-12(2)9-13(17)10-15(16)18/h9-11,14,19H,3-8H2,1-2H3. The highest BCUT2D eigenvalue weighted by Gasteiger charge is 2.17. The second-order valence-corrected chi connectivity index (χ2v) is 7.12. The van der Waals surface area contributed by atoms with E-state index in [-0.39, 0.29) is 0 Å². The summed E-state index contributed by atoms with van der Waals surface area (Å²) in [6, 6.07) is 4.56. The molecule has 1 N–H and O–H groups in total. The predicted octanol–water partition coefficient (Wildman–Crippen LogP) is 4.96. The molecule has 1 aromatic rings. The van der Waals surface area contributed by atoms with Gasteiger partial charge in [-0.25, -0.2) is 0 Å². The lowest BCUT2D eigenvalue weighted by Crippen LogP contribution is -2.35. The molecule has 0 atom stereocenters. The molecule has 1 aliphatic carbocycles. The number of halogens is 2. The number of ether oxygens (including phenoxy) is 1. The Morgan fingerprint density at radius 3 is 2.65 bits per heavy atom. The molecule has 1 saturated carbocycles. The van der Waals surface area contributed by atoms with E-state index in [4.69, 9.17) is 16.3 Å². The molecule has 0 aromatic heterocycles. The molecule has 112 valence electrons. The van der Waals surface area contributed by atoms with Crippen LogP contribution in [0.2, 0.25) is 5.02 Å². The maximum Gasteiger partial charge on any atom is 0.140 e. The van der Waals surface area contributed by atoms with Crippen molar-refractivity contribution in [3.8, 4) is 5.75 Å². The van der Waals surface area contributed by atoms with E-state index in [0.717, 1.165) is 28.2 Å². The summed E-state index contributed by atoms with van der Waals surface area (Å²) in [5.41, 5.74) is 1.07. The summed E-state index contributed by atoms with van der Waals surface area (Å²) in [4.78, 5) is 0. The van der Waals surface area contributed by atoms with E-state index < -0.39 is 0 Å². The molecule has 0 amide bonds. The number of rotatable bonds is 5. The Balaban J connectivity index is 1.74. The van der Waals surface area contributed by atoms with Gasteiger partial charge in [0.05, 0.1) is 5.02 Å². The van der Waals surface area contributed by atoms with Gasteiger partial charge in [0, 0.05) is 17.1 Å². The second kappa shape index (κ2) is 7.67. The summed E-state index contributed by atoms with van der Waals surface area (Å²) in [5.74, 6) is 1.70. The van der Waals surface area contributed by atoms with Crippen LogP contribution in [0.4, 0.5) is 0 Å². The van der Waals surface area contributed by atoms with Crippen molar-refractivity contribution < 1.29 is 4.74 Å². The van der Waals surface area contributed by atoms with Crippen LogP contribution in [-0.2, 0) is 0 Å². The van der Waals surface area contributed by atoms with Crippen LogP contribution in [0.3, 0.4) is 0 Å². The van der Waals surface area contributed by atoms with E-state index in [2.05, 4.69) is 28.2 Å². The normalized spacial score (nSPS) is 22.8. The molecule has 2 rings (SSSR count). The van der Waals surface area contributed by atoms with Crippen molar-refractivity contribution in [2.75, 3.05) is 13.2 Å². The van der Waals surface area contributed by atoms with Gasteiger partial charge in [0.1, 0.15) is 12.4 Å². The first kappa shape index (κ1) is 16.1. The van der Waals surface area contributed by atoms with Gasteiger partial charge in [0.2, 0.25) is 0 Å². The van der Waals surface area contributed by atoms with Gasteiger partial charge >= 0.3 is 0 Å². The lowest BCUT2D eigenvalue weighted by Gasteiger charge is -2.27. The number of benzene rings is 1. The summed E-state index contributed by atoms with van der Waals surface area (Å²) < 4.78 is 6.81. The zero-order valence-electron chi connectivity index (χ0n) is 12.2. The van der Waals surface area contributed by atoms with E-state index in [1.165, 1.54) is 25.7 Å². The fourth-order valence-electron chi connectivity index (χ4n) is 2.75. The Bertz CT molecular complexity index is 421. The van der Waals surface area contributed by atoms with Crippen LogP contribution in [-0.4, -0.2) is 19.2 Å². The third-order valence-electron chi connectivity index (χ3n) is 3.99. The van der Waals surface area contributed by atoms with Crippen LogP contribution in [0.25, 0.3) is 0 Å². The van der Waals surface area contributed by atoms with Gasteiger partial charge in [0.15, 0.2) is 0 Å². The Kier molecular flexibility index (Phi) is 6.19. The highest BCUT2D eigenvalue weighted by molar-refractivity contribution is 9.10. The van der Waals surface area contributed by atoms with Gasteiger partial charge < -0.3 is 10.1 Å². The van der Waals surface area contributed by atoms with Crippen LogP contribution < -0.4 is 10.1 Å². The smallest absolute Gasteiger partial charge is 0.140 e. The van der Waals surface area contributed by atoms with Gasteiger partial charge in [-0.05, 0) is 56.2 Å². The first-order chi connectivity index (χ1) is 9.56. The van der Waals surface area contributed by atoms with E-state index >= 15 is 0 Å². The number of nitrogens with one attached hydrogen (secondary N) is 1. The Hall–Kier alpha value is -0.250. The highest BCUT2D eigenvalue weighted by atomic mass is 79.9. The minimum Gasteiger partial charge on any atom is -0.490 e. The summed E-state index contributed by atoms with van der Waals surface area (Å²) in [6.45, 7) is 5.90. The van der Waals surface area contributed by atoms with E-state index in [0.29, 0.717) is 17.7 Å². The fraction of sp³-hybridized carbons (Fsp3) is 0.625. The van der Waals surface area contributed by atoms with Gasteiger partial charge in [0.25, 0.3) is 0 Å². The molecule has 0 heterocycles. The maximum absolute atomic E-state index is 6.20. The molecule has 0 aliphatic heterocycles.